The standard InChI is InChI=1S/C11H18N2O3S/c1-2-12-17(15,16)13-11(9-14)8-10-6-4-3-5-7-10/h3-7,11-14H,2,8-9H2,1H3/t11-/m1/s1. The summed E-state index contributed by atoms with van der Waals surface area (Å²) < 4.78 is 27.6. The fraction of sp³-hybridized carbons (Fsp3) is 0.455. The van der Waals surface area contributed by atoms with Gasteiger partial charge >= 0.3 is 0 Å². The molecule has 17 heavy (non-hydrogen) atoms. The van der Waals surface area contributed by atoms with E-state index in [4.69, 9.17) is 5.11 Å². The summed E-state index contributed by atoms with van der Waals surface area (Å²) in [7, 11) is -3.52. The molecule has 1 rings (SSSR count). The lowest BCUT2D eigenvalue weighted by Crippen LogP contribution is -2.45. The molecule has 0 aliphatic heterocycles. The van der Waals surface area contributed by atoms with E-state index in [1.54, 1.807) is 6.92 Å². The van der Waals surface area contributed by atoms with Crippen LogP contribution in [0.2, 0.25) is 0 Å². The summed E-state index contributed by atoms with van der Waals surface area (Å²) in [4.78, 5) is 0. The van der Waals surface area contributed by atoms with Crippen LogP contribution in [0, 0.1) is 0 Å². The Bertz CT molecular complexity index is 420. The highest BCUT2D eigenvalue weighted by molar-refractivity contribution is 7.87. The highest BCUT2D eigenvalue weighted by Gasteiger charge is 2.16. The Kier molecular flexibility index (Phi) is 5.57. The third-order valence-corrected chi connectivity index (χ3v) is 3.51. The predicted octanol–water partition coefficient (Wildman–Crippen LogP) is 0.0339. The zero-order valence-corrected chi connectivity index (χ0v) is 10.6. The molecule has 0 aliphatic carbocycles. The number of nitrogens with one attached hydrogen (secondary N) is 2. The maximum absolute atomic E-state index is 11.5. The van der Waals surface area contributed by atoms with Crippen LogP contribution in [0.5, 0.6) is 0 Å². The largest absolute Gasteiger partial charge is 0.395 e. The van der Waals surface area contributed by atoms with Crippen molar-refractivity contribution in [2.24, 2.45) is 0 Å². The fourth-order valence-corrected chi connectivity index (χ4v) is 2.55. The molecule has 0 bridgehead atoms. The van der Waals surface area contributed by atoms with Crippen LogP contribution in [0.1, 0.15) is 12.5 Å². The first-order valence-corrected chi connectivity index (χ1v) is 6.97. The van der Waals surface area contributed by atoms with Crippen molar-refractivity contribution in [1.29, 1.82) is 0 Å². The zero-order chi connectivity index (χ0) is 12.7. The van der Waals surface area contributed by atoms with E-state index in [-0.39, 0.29) is 6.61 Å². The SMILES string of the molecule is CCNS(=O)(=O)N[C@@H](CO)Cc1ccccc1. The average molecular weight is 258 g/mol. The van der Waals surface area contributed by atoms with Crippen LogP contribution in [0.25, 0.3) is 0 Å². The molecule has 1 aromatic carbocycles. The van der Waals surface area contributed by atoms with Gasteiger partial charge in [0.2, 0.25) is 0 Å². The molecule has 0 radical (unpaired) electrons. The van der Waals surface area contributed by atoms with Gasteiger partial charge in [-0.2, -0.15) is 13.1 Å². The van der Waals surface area contributed by atoms with Crippen LogP contribution in [0.4, 0.5) is 0 Å². The van der Waals surface area contributed by atoms with Gasteiger partial charge in [0.25, 0.3) is 10.2 Å². The van der Waals surface area contributed by atoms with E-state index >= 15 is 0 Å². The molecule has 0 spiro atoms. The fourth-order valence-electron chi connectivity index (χ4n) is 1.49. The Morgan fingerprint density at radius 1 is 1.29 bits per heavy atom. The van der Waals surface area contributed by atoms with E-state index in [9.17, 15) is 8.42 Å². The number of rotatable bonds is 7. The highest BCUT2D eigenvalue weighted by atomic mass is 32.2. The lowest BCUT2D eigenvalue weighted by Gasteiger charge is -2.16. The molecule has 6 heteroatoms. The molecule has 3 N–H and O–H groups in total. The van der Waals surface area contributed by atoms with Crippen molar-refractivity contribution in [1.82, 2.24) is 9.44 Å². The lowest BCUT2D eigenvalue weighted by molar-refractivity contribution is 0.255. The molecule has 0 saturated heterocycles. The van der Waals surface area contributed by atoms with E-state index in [0.717, 1.165) is 5.56 Å². The van der Waals surface area contributed by atoms with E-state index in [1.165, 1.54) is 0 Å². The van der Waals surface area contributed by atoms with E-state index in [0.29, 0.717) is 13.0 Å². The number of benzene rings is 1. The molecule has 0 aromatic heterocycles. The van der Waals surface area contributed by atoms with Gasteiger partial charge in [-0.25, -0.2) is 4.72 Å². The van der Waals surface area contributed by atoms with Gasteiger partial charge in [0.1, 0.15) is 0 Å². The second-order valence-electron chi connectivity index (χ2n) is 3.69. The topological polar surface area (TPSA) is 78.4 Å². The van der Waals surface area contributed by atoms with Gasteiger partial charge in [0.05, 0.1) is 12.6 Å². The Hall–Kier alpha value is -0.950. The van der Waals surface area contributed by atoms with Crippen molar-refractivity contribution in [3.63, 3.8) is 0 Å². The second-order valence-corrected chi connectivity index (χ2v) is 5.22. The van der Waals surface area contributed by atoms with Crippen LogP contribution in [-0.2, 0) is 16.6 Å². The average Bonchev–Trinajstić information content (AvgIpc) is 2.29. The van der Waals surface area contributed by atoms with Gasteiger partial charge < -0.3 is 5.11 Å². The van der Waals surface area contributed by atoms with Gasteiger partial charge in [-0.3, -0.25) is 0 Å². The maximum Gasteiger partial charge on any atom is 0.277 e. The Labute approximate surface area is 102 Å². The number of aliphatic hydroxyl groups excluding tert-OH is 1. The van der Waals surface area contributed by atoms with E-state index in [2.05, 4.69) is 9.44 Å². The molecule has 0 heterocycles. The van der Waals surface area contributed by atoms with Crippen molar-refractivity contribution < 1.29 is 13.5 Å². The maximum atomic E-state index is 11.5. The summed E-state index contributed by atoms with van der Waals surface area (Å²) in [5.41, 5.74) is 0.978. The summed E-state index contributed by atoms with van der Waals surface area (Å²) in [6.45, 7) is 1.78. The highest BCUT2D eigenvalue weighted by Crippen LogP contribution is 2.03. The number of hydrogen-bond acceptors (Lipinski definition) is 3. The summed E-state index contributed by atoms with van der Waals surface area (Å²) in [5, 5.41) is 9.16. The number of aliphatic hydroxyl groups is 1. The normalized spacial score (nSPS) is 13.5. The first kappa shape index (κ1) is 14.1. The molecular formula is C11H18N2O3S. The molecule has 0 saturated carbocycles. The lowest BCUT2D eigenvalue weighted by atomic mass is 10.1. The molecular weight excluding hydrogens is 240 g/mol. The third-order valence-electron chi connectivity index (χ3n) is 2.20. The molecule has 0 unspecified atom stereocenters. The summed E-state index contributed by atoms with van der Waals surface area (Å²) >= 11 is 0. The quantitative estimate of drug-likeness (QED) is 0.646. The van der Waals surface area contributed by atoms with Gasteiger partial charge in [-0.05, 0) is 12.0 Å². The predicted molar refractivity (Wildman–Crippen MR) is 66.8 cm³/mol. The van der Waals surface area contributed by atoms with Crippen LogP contribution in [-0.4, -0.2) is 32.7 Å². The smallest absolute Gasteiger partial charge is 0.277 e. The summed E-state index contributed by atoms with van der Waals surface area (Å²) in [6, 6.07) is 8.92. The summed E-state index contributed by atoms with van der Waals surface area (Å²) in [6.07, 6.45) is 0.460. The van der Waals surface area contributed by atoms with Crippen LogP contribution in [0.3, 0.4) is 0 Å². The molecule has 0 amide bonds. The minimum atomic E-state index is -3.52. The first-order chi connectivity index (χ1) is 8.07. The zero-order valence-electron chi connectivity index (χ0n) is 9.76. The monoisotopic (exact) mass is 258 g/mol. The first-order valence-electron chi connectivity index (χ1n) is 5.49. The third kappa shape index (κ3) is 5.27. The van der Waals surface area contributed by atoms with Crippen molar-refractivity contribution >= 4 is 10.2 Å². The van der Waals surface area contributed by atoms with Crippen molar-refractivity contribution in [2.75, 3.05) is 13.2 Å². The molecule has 96 valence electrons. The Balaban J connectivity index is 2.61. The Morgan fingerprint density at radius 3 is 2.47 bits per heavy atom. The van der Waals surface area contributed by atoms with Crippen molar-refractivity contribution in [2.45, 2.75) is 19.4 Å². The van der Waals surface area contributed by atoms with Gasteiger partial charge in [-0.15, -0.1) is 0 Å². The van der Waals surface area contributed by atoms with Crippen molar-refractivity contribution in [3.8, 4) is 0 Å². The molecule has 0 fully saturated rings. The van der Waals surface area contributed by atoms with E-state index in [1.807, 2.05) is 30.3 Å². The van der Waals surface area contributed by atoms with Crippen LogP contribution >= 0.6 is 0 Å². The number of hydrogen-bond donors (Lipinski definition) is 3. The van der Waals surface area contributed by atoms with Crippen LogP contribution in [0.15, 0.2) is 30.3 Å². The Morgan fingerprint density at radius 2 is 1.94 bits per heavy atom. The van der Waals surface area contributed by atoms with Crippen molar-refractivity contribution in [3.05, 3.63) is 35.9 Å². The molecule has 0 aliphatic rings. The van der Waals surface area contributed by atoms with Crippen LogP contribution < -0.4 is 9.44 Å². The van der Waals surface area contributed by atoms with E-state index < -0.39 is 16.3 Å². The molecule has 5 nitrogen and oxygen atoms in total. The molecule has 1 atom stereocenters. The van der Waals surface area contributed by atoms with Gasteiger partial charge in [0.15, 0.2) is 0 Å². The second kappa shape index (κ2) is 6.70. The minimum Gasteiger partial charge on any atom is -0.395 e. The van der Waals surface area contributed by atoms with Gasteiger partial charge in [-0.1, -0.05) is 37.3 Å². The molecule has 1 aromatic rings. The summed E-state index contributed by atoms with van der Waals surface area (Å²) in [5.74, 6) is 0. The van der Waals surface area contributed by atoms with Gasteiger partial charge in [0, 0.05) is 6.54 Å². The minimum absolute atomic E-state index is 0.237.